The predicted octanol–water partition coefficient (Wildman–Crippen LogP) is 3.45. The summed E-state index contributed by atoms with van der Waals surface area (Å²) in [7, 11) is -3.47. The zero-order chi connectivity index (χ0) is 20.3. The van der Waals surface area contributed by atoms with Gasteiger partial charge < -0.3 is 11.1 Å². The molecule has 0 saturated carbocycles. The minimum atomic E-state index is -3.47. The zero-order valence-corrected chi connectivity index (χ0v) is 17.0. The Morgan fingerprint density at radius 2 is 1.64 bits per heavy atom. The maximum atomic E-state index is 13.7. The lowest BCUT2D eigenvalue weighted by atomic mass is 9.91. The summed E-state index contributed by atoms with van der Waals surface area (Å²) in [5, 5.41) is 3.32. The third-order valence-electron chi connectivity index (χ3n) is 5.97. The van der Waals surface area contributed by atoms with Gasteiger partial charge >= 0.3 is 0 Å². The van der Waals surface area contributed by atoms with Crippen molar-refractivity contribution in [2.24, 2.45) is 10.7 Å². The van der Waals surface area contributed by atoms with Crippen LogP contribution in [0.15, 0.2) is 41.4 Å². The average molecular weight is 402 g/mol. The van der Waals surface area contributed by atoms with Gasteiger partial charge in [-0.1, -0.05) is 18.2 Å². The molecule has 1 atom stereocenters. The third-order valence-corrected chi connectivity index (χ3v) is 8.68. The Labute approximate surface area is 164 Å². The summed E-state index contributed by atoms with van der Waals surface area (Å²) in [6, 6.07) is 10.6. The molecule has 2 aromatic carbocycles. The summed E-state index contributed by atoms with van der Waals surface area (Å²) >= 11 is 0. The highest BCUT2D eigenvalue weighted by Gasteiger charge is 2.48. The number of anilines is 2. The lowest BCUT2D eigenvalue weighted by molar-refractivity contribution is 0.501. The molecule has 4 rings (SSSR count). The van der Waals surface area contributed by atoms with E-state index in [1.807, 2.05) is 18.2 Å². The summed E-state index contributed by atoms with van der Waals surface area (Å²) in [6.07, 6.45) is 1.62. The van der Waals surface area contributed by atoms with E-state index in [4.69, 9.17) is 5.73 Å². The van der Waals surface area contributed by atoms with Crippen molar-refractivity contribution in [1.82, 2.24) is 0 Å². The van der Waals surface area contributed by atoms with Crippen LogP contribution in [0.25, 0.3) is 0 Å². The monoisotopic (exact) mass is 401 g/mol. The summed E-state index contributed by atoms with van der Waals surface area (Å²) in [5.41, 5.74) is 9.59. The maximum absolute atomic E-state index is 13.7. The van der Waals surface area contributed by atoms with Gasteiger partial charge in [0.1, 0.15) is 16.4 Å². The number of benzene rings is 2. The number of amidine groups is 1. The van der Waals surface area contributed by atoms with Gasteiger partial charge in [-0.2, -0.15) is 0 Å². The molecule has 2 aliphatic rings. The van der Waals surface area contributed by atoms with E-state index in [2.05, 4.69) is 10.3 Å². The van der Waals surface area contributed by atoms with E-state index in [0.29, 0.717) is 0 Å². The molecular weight excluding hydrogens is 377 g/mol. The number of aliphatic imine (C=N–C) groups is 1. The lowest BCUT2D eigenvalue weighted by Crippen LogP contribution is -2.54. The van der Waals surface area contributed by atoms with Gasteiger partial charge in [-0.15, -0.1) is 0 Å². The molecule has 0 aliphatic carbocycles. The van der Waals surface area contributed by atoms with E-state index >= 15 is 0 Å². The molecular formula is C21H24FN3O2S. The van der Waals surface area contributed by atoms with Gasteiger partial charge in [-0.25, -0.2) is 12.8 Å². The summed E-state index contributed by atoms with van der Waals surface area (Å²) in [4.78, 5) is 4.59. The van der Waals surface area contributed by atoms with Crippen LogP contribution in [0, 0.1) is 5.82 Å². The number of aryl methyl sites for hydroxylation is 2. The Morgan fingerprint density at radius 3 is 2.29 bits per heavy atom. The third kappa shape index (κ3) is 2.89. The van der Waals surface area contributed by atoms with Crippen LogP contribution in [-0.2, 0) is 28.2 Å². The number of fused-ring (bicyclic) bond motifs is 2. The molecule has 2 heterocycles. The molecule has 2 aliphatic heterocycles. The lowest BCUT2D eigenvalue weighted by Gasteiger charge is -2.38. The van der Waals surface area contributed by atoms with Gasteiger partial charge in [0.25, 0.3) is 0 Å². The van der Waals surface area contributed by atoms with Crippen LogP contribution in [0.3, 0.4) is 0 Å². The fourth-order valence-corrected chi connectivity index (χ4v) is 5.53. The van der Waals surface area contributed by atoms with Gasteiger partial charge in [0, 0.05) is 11.4 Å². The van der Waals surface area contributed by atoms with Crippen LogP contribution in [0.1, 0.15) is 37.5 Å². The number of nitrogens with zero attached hydrogens (tertiary/aromatic N) is 1. The van der Waals surface area contributed by atoms with Crippen molar-refractivity contribution in [3.8, 4) is 0 Å². The Bertz CT molecular complexity index is 1110. The van der Waals surface area contributed by atoms with Crippen LogP contribution >= 0.6 is 0 Å². The van der Waals surface area contributed by atoms with Crippen LogP contribution in [-0.4, -0.2) is 24.8 Å². The van der Waals surface area contributed by atoms with Crippen molar-refractivity contribution in [2.45, 2.75) is 43.9 Å². The van der Waals surface area contributed by atoms with E-state index in [0.717, 1.165) is 40.9 Å². The molecule has 0 saturated heterocycles. The number of nitrogens with one attached hydrogen (secondary N) is 1. The molecule has 2 aromatic rings. The number of sulfone groups is 1. The first-order valence-electron chi connectivity index (χ1n) is 9.29. The second-order valence-electron chi connectivity index (χ2n) is 8.34. The van der Waals surface area contributed by atoms with E-state index in [9.17, 15) is 12.8 Å². The number of halogens is 1. The number of hydrogen-bond acceptors (Lipinski definition) is 5. The Kier molecular flexibility index (Phi) is 4.08. The standard InChI is InChI=1S/C21H24FN3O2S/c1-20(2)19(23)25-21(3,12-28(20,26)27)15-8-6-13-4-5-14-7-9-16(22)11-18(14)24-17(13)10-15/h6-11,24H,4-5,12H2,1-3H3,(H2,23,25)/t21-/m0/s1. The van der Waals surface area contributed by atoms with Gasteiger partial charge in [0.2, 0.25) is 0 Å². The van der Waals surface area contributed by atoms with Crippen molar-refractivity contribution >= 4 is 27.0 Å². The van der Waals surface area contributed by atoms with Gasteiger partial charge in [-0.3, -0.25) is 4.99 Å². The summed E-state index contributed by atoms with van der Waals surface area (Å²) in [6.45, 7) is 4.97. The number of rotatable bonds is 1. The molecule has 5 nitrogen and oxygen atoms in total. The molecule has 0 bridgehead atoms. The van der Waals surface area contributed by atoms with E-state index in [1.165, 1.54) is 12.1 Å². The zero-order valence-electron chi connectivity index (χ0n) is 16.2. The fourth-order valence-electron chi connectivity index (χ4n) is 3.83. The van der Waals surface area contributed by atoms with Crippen molar-refractivity contribution in [1.29, 1.82) is 0 Å². The Balaban J connectivity index is 1.79. The average Bonchev–Trinajstić information content (AvgIpc) is 2.77. The molecule has 0 unspecified atom stereocenters. The van der Waals surface area contributed by atoms with Gasteiger partial charge in [0.15, 0.2) is 9.84 Å². The topological polar surface area (TPSA) is 84.5 Å². The molecule has 3 N–H and O–H groups in total. The van der Waals surface area contributed by atoms with Crippen molar-refractivity contribution in [3.63, 3.8) is 0 Å². The van der Waals surface area contributed by atoms with Crippen LogP contribution in [0.4, 0.5) is 15.8 Å². The molecule has 148 valence electrons. The predicted molar refractivity (Wildman–Crippen MR) is 110 cm³/mol. The largest absolute Gasteiger partial charge is 0.386 e. The summed E-state index contributed by atoms with van der Waals surface area (Å²) < 4.78 is 38.2. The van der Waals surface area contributed by atoms with E-state index < -0.39 is 20.1 Å². The first-order chi connectivity index (χ1) is 13.0. The smallest absolute Gasteiger partial charge is 0.165 e. The second-order valence-corrected chi connectivity index (χ2v) is 10.9. The first-order valence-corrected chi connectivity index (χ1v) is 10.9. The normalized spacial score (nSPS) is 24.9. The molecule has 0 radical (unpaired) electrons. The van der Waals surface area contributed by atoms with Crippen LogP contribution in [0.5, 0.6) is 0 Å². The molecule has 0 fully saturated rings. The highest BCUT2D eigenvalue weighted by atomic mass is 32.2. The van der Waals surface area contributed by atoms with Crippen LogP contribution < -0.4 is 11.1 Å². The molecule has 0 amide bonds. The minimum absolute atomic E-state index is 0.113. The number of nitrogens with two attached hydrogens (primary N) is 1. The van der Waals surface area contributed by atoms with Crippen molar-refractivity contribution in [2.75, 3.05) is 11.1 Å². The first kappa shape index (κ1) is 18.9. The maximum Gasteiger partial charge on any atom is 0.165 e. The van der Waals surface area contributed by atoms with Crippen LogP contribution in [0.2, 0.25) is 0 Å². The van der Waals surface area contributed by atoms with E-state index in [1.54, 1.807) is 26.8 Å². The quantitative estimate of drug-likeness (QED) is 0.767. The minimum Gasteiger partial charge on any atom is -0.386 e. The van der Waals surface area contributed by atoms with Gasteiger partial charge in [0.05, 0.1) is 11.3 Å². The summed E-state index contributed by atoms with van der Waals surface area (Å²) in [5.74, 6) is -0.287. The van der Waals surface area contributed by atoms with Crippen molar-refractivity contribution < 1.29 is 12.8 Å². The second kappa shape index (κ2) is 6.04. The molecule has 28 heavy (non-hydrogen) atoms. The Hall–Kier alpha value is -2.41. The highest BCUT2D eigenvalue weighted by molar-refractivity contribution is 7.93. The van der Waals surface area contributed by atoms with Gasteiger partial charge in [-0.05, 0) is 68.5 Å². The fraction of sp³-hybridized carbons (Fsp3) is 0.381. The Morgan fingerprint density at radius 1 is 1.04 bits per heavy atom. The molecule has 7 heteroatoms. The molecule has 0 spiro atoms. The SMILES string of the molecule is CC1(C)C(N)=N[C@](C)(c2ccc3c(c2)Nc2cc(F)ccc2CC3)CS1(=O)=O. The van der Waals surface area contributed by atoms with E-state index in [-0.39, 0.29) is 17.4 Å². The molecule has 0 aromatic heterocycles. The highest BCUT2D eigenvalue weighted by Crippen LogP contribution is 2.39. The number of hydrogen-bond donors (Lipinski definition) is 2. The van der Waals surface area contributed by atoms with Crippen molar-refractivity contribution in [3.05, 3.63) is 58.9 Å².